The Morgan fingerprint density at radius 2 is 2.14 bits per heavy atom. The van der Waals surface area contributed by atoms with E-state index in [1.54, 1.807) is 13.2 Å². The van der Waals surface area contributed by atoms with Gasteiger partial charge in [0, 0.05) is 26.2 Å². The van der Waals surface area contributed by atoms with Gasteiger partial charge in [0.1, 0.15) is 0 Å². The van der Waals surface area contributed by atoms with Gasteiger partial charge in [-0.3, -0.25) is 4.68 Å². The zero-order valence-corrected chi connectivity index (χ0v) is 13.0. The summed E-state index contributed by atoms with van der Waals surface area (Å²) in [7, 11) is -2.05. The van der Waals surface area contributed by atoms with Crippen molar-refractivity contribution >= 4 is 16.0 Å². The van der Waals surface area contributed by atoms with Crippen molar-refractivity contribution in [2.24, 2.45) is 7.05 Å². The highest BCUT2D eigenvalue weighted by Crippen LogP contribution is 2.18. The SMILES string of the molecule is Cc1c(C(=O)O)cccc1S(=O)(=O)NCCc1cn(C)nn1. The molecule has 0 saturated heterocycles. The van der Waals surface area contributed by atoms with Gasteiger partial charge in [-0.1, -0.05) is 11.3 Å². The monoisotopic (exact) mass is 324 g/mol. The summed E-state index contributed by atoms with van der Waals surface area (Å²) in [6.07, 6.45) is 2.09. The van der Waals surface area contributed by atoms with Crippen molar-refractivity contribution in [3.05, 3.63) is 41.2 Å². The second-order valence-corrected chi connectivity index (χ2v) is 6.50. The van der Waals surface area contributed by atoms with Gasteiger partial charge in [0.25, 0.3) is 0 Å². The molecule has 0 fully saturated rings. The predicted molar refractivity (Wildman–Crippen MR) is 78.0 cm³/mol. The van der Waals surface area contributed by atoms with E-state index in [1.807, 2.05) is 0 Å². The number of sulfonamides is 1. The van der Waals surface area contributed by atoms with Crippen molar-refractivity contribution in [3.63, 3.8) is 0 Å². The zero-order valence-electron chi connectivity index (χ0n) is 12.1. The largest absolute Gasteiger partial charge is 0.478 e. The molecule has 2 rings (SSSR count). The van der Waals surface area contributed by atoms with E-state index < -0.39 is 16.0 Å². The van der Waals surface area contributed by atoms with Crippen LogP contribution in [0.3, 0.4) is 0 Å². The highest BCUT2D eigenvalue weighted by atomic mass is 32.2. The van der Waals surface area contributed by atoms with Gasteiger partial charge in [0.05, 0.1) is 16.2 Å². The number of carboxylic acid groups (broad SMARTS) is 1. The van der Waals surface area contributed by atoms with E-state index in [0.717, 1.165) is 0 Å². The van der Waals surface area contributed by atoms with Crippen LogP contribution in [0.4, 0.5) is 0 Å². The van der Waals surface area contributed by atoms with Crippen LogP contribution in [0.15, 0.2) is 29.3 Å². The number of nitrogens with zero attached hydrogens (tertiary/aromatic N) is 3. The first-order valence-electron chi connectivity index (χ1n) is 6.49. The van der Waals surface area contributed by atoms with E-state index in [2.05, 4.69) is 15.0 Å². The van der Waals surface area contributed by atoms with Gasteiger partial charge in [-0.05, 0) is 24.6 Å². The molecule has 0 radical (unpaired) electrons. The number of carbonyl (C=O) groups is 1. The third-order valence-electron chi connectivity index (χ3n) is 3.13. The Kier molecular flexibility index (Phi) is 4.57. The minimum Gasteiger partial charge on any atom is -0.478 e. The van der Waals surface area contributed by atoms with Gasteiger partial charge in [-0.15, -0.1) is 5.10 Å². The van der Waals surface area contributed by atoms with E-state index in [-0.39, 0.29) is 22.6 Å². The van der Waals surface area contributed by atoms with Gasteiger partial charge in [0.2, 0.25) is 10.0 Å². The van der Waals surface area contributed by atoms with E-state index in [1.165, 1.54) is 29.8 Å². The molecule has 0 spiro atoms. The lowest BCUT2D eigenvalue weighted by Gasteiger charge is -2.10. The van der Waals surface area contributed by atoms with Crippen molar-refractivity contribution in [1.82, 2.24) is 19.7 Å². The van der Waals surface area contributed by atoms with Gasteiger partial charge in [0.15, 0.2) is 0 Å². The molecule has 0 amide bonds. The number of aromatic carboxylic acids is 1. The third kappa shape index (κ3) is 3.49. The van der Waals surface area contributed by atoms with Crippen LogP contribution >= 0.6 is 0 Å². The maximum atomic E-state index is 12.3. The average molecular weight is 324 g/mol. The molecule has 1 heterocycles. The first-order chi connectivity index (χ1) is 10.3. The fraction of sp³-hybridized carbons (Fsp3) is 0.308. The predicted octanol–water partition coefficient (Wildman–Crippen LogP) is 0.343. The Morgan fingerprint density at radius 3 is 2.73 bits per heavy atom. The van der Waals surface area contributed by atoms with Crippen LogP contribution in [0.25, 0.3) is 0 Å². The number of aryl methyl sites for hydroxylation is 1. The second kappa shape index (κ2) is 6.24. The average Bonchev–Trinajstić information content (AvgIpc) is 2.84. The normalized spacial score (nSPS) is 11.5. The molecule has 2 aromatic rings. The maximum Gasteiger partial charge on any atom is 0.335 e. The number of carboxylic acids is 1. The summed E-state index contributed by atoms with van der Waals surface area (Å²) in [5.41, 5.74) is 0.847. The van der Waals surface area contributed by atoms with Crippen molar-refractivity contribution in [1.29, 1.82) is 0 Å². The third-order valence-corrected chi connectivity index (χ3v) is 4.73. The molecule has 22 heavy (non-hydrogen) atoms. The summed E-state index contributed by atoms with van der Waals surface area (Å²) < 4.78 is 28.5. The molecule has 0 aliphatic carbocycles. The lowest BCUT2D eigenvalue weighted by molar-refractivity contribution is 0.0696. The van der Waals surface area contributed by atoms with Gasteiger partial charge >= 0.3 is 5.97 Å². The van der Waals surface area contributed by atoms with Gasteiger partial charge < -0.3 is 5.11 Å². The van der Waals surface area contributed by atoms with Crippen LogP contribution in [-0.4, -0.2) is 41.0 Å². The van der Waals surface area contributed by atoms with Gasteiger partial charge in [-0.2, -0.15) is 0 Å². The minimum atomic E-state index is -3.78. The standard InChI is InChI=1S/C13H16N4O4S/c1-9-11(13(18)19)4-3-5-12(9)22(20,21)14-7-6-10-8-17(2)16-15-10/h3-5,8,14H,6-7H2,1-2H3,(H,18,19). The lowest BCUT2D eigenvalue weighted by atomic mass is 10.1. The van der Waals surface area contributed by atoms with Crippen LogP contribution in [0.2, 0.25) is 0 Å². The van der Waals surface area contributed by atoms with Crippen LogP contribution in [0.5, 0.6) is 0 Å². The Morgan fingerprint density at radius 1 is 1.41 bits per heavy atom. The van der Waals surface area contributed by atoms with E-state index in [9.17, 15) is 13.2 Å². The summed E-state index contributed by atoms with van der Waals surface area (Å²) in [6, 6.07) is 4.16. The smallest absolute Gasteiger partial charge is 0.335 e. The first-order valence-corrected chi connectivity index (χ1v) is 7.97. The molecule has 0 aliphatic rings. The van der Waals surface area contributed by atoms with Crippen molar-refractivity contribution < 1.29 is 18.3 Å². The summed E-state index contributed by atoms with van der Waals surface area (Å²) >= 11 is 0. The molecule has 9 heteroatoms. The molecule has 0 atom stereocenters. The van der Waals surface area contributed by atoms with Crippen LogP contribution in [0, 0.1) is 6.92 Å². The van der Waals surface area contributed by atoms with Crippen LogP contribution < -0.4 is 4.72 Å². The molecular weight excluding hydrogens is 308 g/mol. The van der Waals surface area contributed by atoms with Crippen LogP contribution in [0.1, 0.15) is 21.6 Å². The number of hydrogen-bond acceptors (Lipinski definition) is 5. The summed E-state index contributed by atoms with van der Waals surface area (Å²) in [5.74, 6) is -1.16. The second-order valence-electron chi connectivity index (χ2n) is 4.77. The Hall–Kier alpha value is -2.26. The molecule has 2 N–H and O–H groups in total. The summed E-state index contributed by atoms with van der Waals surface area (Å²) in [4.78, 5) is 11.0. The molecule has 0 unspecified atom stereocenters. The molecule has 118 valence electrons. The number of nitrogens with one attached hydrogen (secondary N) is 1. The fourth-order valence-corrected chi connectivity index (χ4v) is 3.34. The Labute approximate surface area is 127 Å². The molecule has 0 saturated carbocycles. The fourth-order valence-electron chi connectivity index (χ4n) is 2.04. The topological polar surface area (TPSA) is 114 Å². The summed E-state index contributed by atoms with van der Waals surface area (Å²) in [5, 5.41) is 16.7. The molecule has 8 nitrogen and oxygen atoms in total. The number of aromatic nitrogens is 3. The molecule has 0 aliphatic heterocycles. The zero-order chi connectivity index (χ0) is 16.3. The minimum absolute atomic E-state index is 0.0307. The van der Waals surface area contributed by atoms with E-state index in [0.29, 0.717) is 12.1 Å². The highest BCUT2D eigenvalue weighted by Gasteiger charge is 2.20. The van der Waals surface area contributed by atoms with Crippen molar-refractivity contribution in [3.8, 4) is 0 Å². The van der Waals surface area contributed by atoms with Crippen molar-refractivity contribution in [2.75, 3.05) is 6.54 Å². The highest BCUT2D eigenvalue weighted by molar-refractivity contribution is 7.89. The Bertz CT molecular complexity index is 798. The first kappa shape index (κ1) is 16.1. The molecule has 1 aromatic carbocycles. The van der Waals surface area contributed by atoms with E-state index in [4.69, 9.17) is 5.11 Å². The number of rotatable bonds is 6. The molecule has 1 aromatic heterocycles. The lowest BCUT2D eigenvalue weighted by Crippen LogP contribution is -2.27. The number of hydrogen-bond donors (Lipinski definition) is 2. The molecule has 0 bridgehead atoms. The van der Waals surface area contributed by atoms with Gasteiger partial charge in [-0.25, -0.2) is 17.9 Å². The maximum absolute atomic E-state index is 12.3. The summed E-state index contributed by atoms with van der Waals surface area (Å²) in [6.45, 7) is 1.62. The molecular formula is C13H16N4O4S. The van der Waals surface area contributed by atoms with Crippen molar-refractivity contribution in [2.45, 2.75) is 18.2 Å². The van der Waals surface area contributed by atoms with E-state index >= 15 is 0 Å². The Balaban J connectivity index is 2.13. The number of benzene rings is 1. The quantitative estimate of drug-likeness (QED) is 0.792. The van der Waals surface area contributed by atoms with Crippen LogP contribution in [-0.2, 0) is 23.5 Å².